The molecule has 0 aliphatic heterocycles. The number of aryl methyl sites for hydroxylation is 1. The van der Waals surface area contributed by atoms with E-state index in [0.717, 1.165) is 5.56 Å². The van der Waals surface area contributed by atoms with Crippen LogP contribution >= 0.6 is 11.3 Å². The zero-order valence-electron chi connectivity index (χ0n) is 10.1. The third-order valence-electron chi connectivity index (χ3n) is 2.57. The summed E-state index contributed by atoms with van der Waals surface area (Å²) < 4.78 is 0. The summed E-state index contributed by atoms with van der Waals surface area (Å²) in [6, 6.07) is 11.7. The van der Waals surface area contributed by atoms with Gasteiger partial charge in [0, 0.05) is 21.9 Å². The summed E-state index contributed by atoms with van der Waals surface area (Å²) >= 11 is 1.74. The predicted molar refractivity (Wildman–Crippen MR) is 73.9 cm³/mol. The number of rotatable bonds is 4. The lowest BCUT2D eigenvalue weighted by Gasteiger charge is -2.04. The van der Waals surface area contributed by atoms with E-state index in [-0.39, 0.29) is 19.1 Å². The molecule has 0 aliphatic carbocycles. The van der Waals surface area contributed by atoms with Crippen molar-refractivity contribution in [2.45, 2.75) is 6.92 Å². The Morgan fingerprint density at radius 1 is 1.22 bits per heavy atom. The van der Waals surface area contributed by atoms with Crippen LogP contribution in [-0.4, -0.2) is 24.2 Å². The third-order valence-corrected chi connectivity index (χ3v) is 3.62. The first-order valence-corrected chi connectivity index (χ1v) is 6.58. The van der Waals surface area contributed by atoms with Crippen molar-refractivity contribution in [3.8, 4) is 10.4 Å². The Kier molecular flexibility index (Phi) is 4.12. The number of benzene rings is 1. The van der Waals surface area contributed by atoms with Gasteiger partial charge in [0.15, 0.2) is 0 Å². The van der Waals surface area contributed by atoms with Crippen LogP contribution in [0.5, 0.6) is 0 Å². The van der Waals surface area contributed by atoms with Crippen molar-refractivity contribution >= 4 is 17.2 Å². The van der Waals surface area contributed by atoms with Crippen molar-refractivity contribution < 1.29 is 9.90 Å². The summed E-state index contributed by atoms with van der Waals surface area (Å²) in [7, 11) is 0. The summed E-state index contributed by atoms with van der Waals surface area (Å²) in [4.78, 5) is 14.1. The molecule has 0 fully saturated rings. The summed E-state index contributed by atoms with van der Waals surface area (Å²) in [5, 5.41) is 11.3. The average Bonchev–Trinajstić information content (AvgIpc) is 2.83. The maximum absolute atomic E-state index is 11.6. The number of thiophene rings is 1. The van der Waals surface area contributed by atoms with Crippen molar-refractivity contribution in [2.75, 3.05) is 13.2 Å². The Morgan fingerprint density at radius 2 is 1.94 bits per heavy atom. The lowest BCUT2D eigenvalue weighted by molar-refractivity contribution is 0.0945. The van der Waals surface area contributed by atoms with Gasteiger partial charge in [-0.1, -0.05) is 12.1 Å². The van der Waals surface area contributed by atoms with Crippen LogP contribution in [-0.2, 0) is 0 Å². The number of amides is 1. The highest BCUT2D eigenvalue weighted by atomic mass is 32.1. The molecular weight excluding hydrogens is 246 g/mol. The van der Waals surface area contributed by atoms with Gasteiger partial charge in [-0.15, -0.1) is 11.3 Å². The molecule has 0 saturated heterocycles. The van der Waals surface area contributed by atoms with Gasteiger partial charge in [-0.2, -0.15) is 0 Å². The van der Waals surface area contributed by atoms with Gasteiger partial charge in [0.2, 0.25) is 0 Å². The SMILES string of the molecule is Cc1ccc(-c2ccc(C(=O)NCCO)cc2)s1. The molecule has 4 heteroatoms. The number of aliphatic hydroxyl groups is 1. The molecule has 0 bridgehead atoms. The largest absolute Gasteiger partial charge is 0.395 e. The van der Waals surface area contributed by atoms with Crippen LogP contribution in [0.3, 0.4) is 0 Å². The molecule has 0 saturated carbocycles. The van der Waals surface area contributed by atoms with Gasteiger partial charge in [-0.25, -0.2) is 0 Å². The maximum Gasteiger partial charge on any atom is 0.251 e. The predicted octanol–water partition coefficient (Wildman–Crippen LogP) is 2.45. The number of aliphatic hydroxyl groups excluding tert-OH is 1. The van der Waals surface area contributed by atoms with E-state index in [1.54, 1.807) is 23.5 Å². The minimum Gasteiger partial charge on any atom is -0.395 e. The normalized spacial score (nSPS) is 10.3. The van der Waals surface area contributed by atoms with E-state index in [4.69, 9.17) is 5.11 Å². The van der Waals surface area contributed by atoms with Crippen LogP contribution in [0.15, 0.2) is 36.4 Å². The Hall–Kier alpha value is -1.65. The molecule has 0 atom stereocenters. The van der Waals surface area contributed by atoms with Crippen LogP contribution in [0, 0.1) is 6.92 Å². The average molecular weight is 261 g/mol. The fourth-order valence-electron chi connectivity index (χ4n) is 1.65. The zero-order valence-corrected chi connectivity index (χ0v) is 11.0. The van der Waals surface area contributed by atoms with Gasteiger partial charge < -0.3 is 10.4 Å². The number of hydrogen-bond acceptors (Lipinski definition) is 3. The molecule has 1 amide bonds. The van der Waals surface area contributed by atoms with E-state index in [2.05, 4.69) is 24.4 Å². The number of carbonyl (C=O) groups excluding carboxylic acids is 1. The zero-order chi connectivity index (χ0) is 13.0. The molecule has 3 nitrogen and oxygen atoms in total. The van der Waals surface area contributed by atoms with Gasteiger partial charge >= 0.3 is 0 Å². The Labute approximate surface area is 110 Å². The third kappa shape index (κ3) is 2.97. The highest BCUT2D eigenvalue weighted by Gasteiger charge is 2.05. The minimum atomic E-state index is -0.155. The first kappa shape index (κ1) is 12.8. The molecule has 0 radical (unpaired) electrons. The van der Waals surface area contributed by atoms with E-state index in [9.17, 15) is 4.79 Å². The summed E-state index contributed by atoms with van der Waals surface area (Å²) in [5.74, 6) is -0.155. The van der Waals surface area contributed by atoms with Crippen LogP contribution < -0.4 is 5.32 Å². The first-order chi connectivity index (χ1) is 8.70. The molecule has 0 spiro atoms. The van der Waals surface area contributed by atoms with Gasteiger partial charge in [0.25, 0.3) is 5.91 Å². The molecule has 1 heterocycles. The van der Waals surface area contributed by atoms with Crippen molar-refractivity contribution in [1.29, 1.82) is 0 Å². The molecule has 0 aliphatic rings. The van der Waals surface area contributed by atoms with E-state index < -0.39 is 0 Å². The van der Waals surface area contributed by atoms with Crippen molar-refractivity contribution in [1.82, 2.24) is 5.32 Å². The number of nitrogens with one attached hydrogen (secondary N) is 1. The van der Waals surface area contributed by atoms with Crippen LogP contribution in [0.25, 0.3) is 10.4 Å². The molecule has 2 aromatic rings. The van der Waals surface area contributed by atoms with Crippen molar-refractivity contribution in [3.05, 3.63) is 46.8 Å². The number of hydrogen-bond donors (Lipinski definition) is 2. The lowest BCUT2D eigenvalue weighted by atomic mass is 10.1. The van der Waals surface area contributed by atoms with Crippen molar-refractivity contribution in [3.63, 3.8) is 0 Å². The molecule has 0 unspecified atom stereocenters. The maximum atomic E-state index is 11.6. The smallest absolute Gasteiger partial charge is 0.251 e. The molecule has 2 N–H and O–H groups in total. The molecule has 94 valence electrons. The second-order valence-corrected chi connectivity index (χ2v) is 5.26. The first-order valence-electron chi connectivity index (χ1n) is 5.76. The van der Waals surface area contributed by atoms with Gasteiger partial charge in [-0.05, 0) is 36.8 Å². The van der Waals surface area contributed by atoms with Gasteiger partial charge in [-0.3, -0.25) is 4.79 Å². The fourth-order valence-corrected chi connectivity index (χ4v) is 2.52. The van der Waals surface area contributed by atoms with Crippen molar-refractivity contribution in [2.24, 2.45) is 0 Å². The molecule has 1 aromatic carbocycles. The Bertz CT molecular complexity index is 531. The van der Waals surface area contributed by atoms with E-state index in [0.29, 0.717) is 5.56 Å². The lowest BCUT2D eigenvalue weighted by Crippen LogP contribution is -2.26. The van der Waals surface area contributed by atoms with Crippen LogP contribution in [0.4, 0.5) is 0 Å². The van der Waals surface area contributed by atoms with Crippen LogP contribution in [0.1, 0.15) is 15.2 Å². The monoisotopic (exact) mass is 261 g/mol. The summed E-state index contributed by atoms with van der Waals surface area (Å²) in [6.07, 6.45) is 0. The molecule has 18 heavy (non-hydrogen) atoms. The minimum absolute atomic E-state index is 0.0434. The van der Waals surface area contributed by atoms with Crippen LogP contribution in [0.2, 0.25) is 0 Å². The van der Waals surface area contributed by atoms with Gasteiger partial charge in [0.05, 0.1) is 6.61 Å². The molecular formula is C14H15NO2S. The second kappa shape index (κ2) is 5.80. The Morgan fingerprint density at radius 3 is 2.50 bits per heavy atom. The topological polar surface area (TPSA) is 49.3 Å². The quantitative estimate of drug-likeness (QED) is 0.888. The highest BCUT2D eigenvalue weighted by Crippen LogP contribution is 2.27. The second-order valence-electron chi connectivity index (χ2n) is 3.97. The molecule has 1 aromatic heterocycles. The standard InChI is InChI=1S/C14H15NO2S/c1-10-2-7-13(18-10)11-3-5-12(6-4-11)14(17)15-8-9-16/h2-7,16H,8-9H2,1H3,(H,15,17). The summed E-state index contributed by atoms with van der Waals surface area (Å²) in [5.41, 5.74) is 1.73. The molecule has 2 rings (SSSR count). The van der Waals surface area contributed by atoms with E-state index >= 15 is 0 Å². The number of carbonyl (C=O) groups is 1. The fraction of sp³-hybridized carbons (Fsp3) is 0.214. The highest BCUT2D eigenvalue weighted by molar-refractivity contribution is 7.15. The van der Waals surface area contributed by atoms with E-state index in [1.807, 2.05) is 12.1 Å². The summed E-state index contributed by atoms with van der Waals surface area (Å²) in [6.45, 7) is 2.31. The van der Waals surface area contributed by atoms with Gasteiger partial charge in [0.1, 0.15) is 0 Å². The van der Waals surface area contributed by atoms with E-state index in [1.165, 1.54) is 9.75 Å². The Balaban J connectivity index is 2.12.